The molecule has 3 amide bonds. The molecule has 5 rings (SSSR count). The lowest BCUT2D eigenvalue weighted by Gasteiger charge is -2.15. The van der Waals surface area contributed by atoms with Gasteiger partial charge >= 0.3 is 5.97 Å². The maximum absolute atomic E-state index is 12.6. The van der Waals surface area contributed by atoms with Crippen LogP contribution in [0.3, 0.4) is 0 Å². The normalized spacial score (nSPS) is 13.3. The molecule has 2 heterocycles. The first-order valence-corrected chi connectivity index (χ1v) is 11.9. The molecule has 3 aromatic carbocycles. The molecular weight excluding hydrogens is 478 g/mol. The molecule has 0 unspecified atom stereocenters. The van der Waals surface area contributed by atoms with Crippen LogP contribution < -0.4 is 10.2 Å². The molecule has 1 aliphatic rings. The lowest BCUT2D eigenvalue weighted by molar-refractivity contribution is -0.123. The fraction of sp³-hybridized carbons (Fsp3) is 0.0741. The molecule has 36 heavy (non-hydrogen) atoms. The van der Waals surface area contributed by atoms with Gasteiger partial charge in [0.1, 0.15) is 0 Å². The van der Waals surface area contributed by atoms with Crippen LogP contribution >= 0.6 is 11.3 Å². The van der Waals surface area contributed by atoms with Crippen LogP contribution in [0.15, 0.2) is 84.2 Å². The second kappa shape index (κ2) is 9.55. The monoisotopic (exact) mass is 497 g/mol. The molecular formula is C27H19N3O5S. The molecule has 4 aromatic rings. The number of fused-ring (bicyclic) bond motifs is 1. The number of aromatic nitrogens is 1. The quantitative estimate of drug-likeness (QED) is 0.303. The van der Waals surface area contributed by atoms with Gasteiger partial charge in [0.25, 0.3) is 17.7 Å². The first kappa shape index (κ1) is 23.1. The number of amides is 3. The molecule has 0 aliphatic carbocycles. The summed E-state index contributed by atoms with van der Waals surface area (Å²) in [5.41, 5.74) is 2.85. The van der Waals surface area contributed by atoms with Gasteiger partial charge < -0.3 is 4.74 Å². The lowest BCUT2D eigenvalue weighted by atomic mass is 10.1. The number of hydrogen-bond donors (Lipinski definition) is 1. The molecule has 0 saturated carbocycles. The number of hydrogen-bond acceptors (Lipinski definition) is 7. The third kappa shape index (κ3) is 4.39. The Morgan fingerprint density at radius 3 is 2.14 bits per heavy atom. The standard InChI is InChI=1S/C27H19N3O5S/c1-16(23(31)29-27-28-22(15-36-27)17-7-3-2-4-8-17)35-26(34)18-11-13-19(14-12-18)30-24(32)20-9-5-6-10-21(20)25(30)33/h2-16H,1H3,(H,28,29,31)/t16-/m0/s1. The largest absolute Gasteiger partial charge is 0.449 e. The fourth-order valence-electron chi connectivity index (χ4n) is 3.73. The number of carbonyl (C=O) groups excluding carboxylic acids is 4. The third-order valence-electron chi connectivity index (χ3n) is 5.61. The zero-order chi connectivity index (χ0) is 25.2. The van der Waals surface area contributed by atoms with Crippen molar-refractivity contribution < 1.29 is 23.9 Å². The number of esters is 1. The maximum Gasteiger partial charge on any atom is 0.338 e. The van der Waals surface area contributed by atoms with Gasteiger partial charge in [0.2, 0.25) is 0 Å². The van der Waals surface area contributed by atoms with Gasteiger partial charge in [-0.3, -0.25) is 19.7 Å². The number of carbonyl (C=O) groups is 4. The zero-order valence-electron chi connectivity index (χ0n) is 19.0. The average molecular weight is 498 g/mol. The van der Waals surface area contributed by atoms with E-state index >= 15 is 0 Å². The number of anilines is 2. The minimum absolute atomic E-state index is 0.177. The van der Waals surface area contributed by atoms with Crippen molar-refractivity contribution in [2.24, 2.45) is 0 Å². The van der Waals surface area contributed by atoms with Crippen molar-refractivity contribution in [1.82, 2.24) is 4.98 Å². The van der Waals surface area contributed by atoms with Gasteiger partial charge in [0, 0.05) is 10.9 Å². The Bertz CT molecular complexity index is 1450. The predicted octanol–water partition coefficient (Wildman–Crippen LogP) is 4.79. The van der Waals surface area contributed by atoms with E-state index in [1.54, 1.807) is 24.3 Å². The van der Waals surface area contributed by atoms with E-state index in [0.717, 1.165) is 16.2 Å². The van der Waals surface area contributed by atoms with Crippen LogP contribution in [-0.2, 0) is 9.53 Å². The fourth-order valence-corrected chi connectivity index (χ4v) is 4.45. The number of nitrogens with one attached hydrogen (secondary N) is 1. The van der Waals surface area contributed by atoms with Crippen LogP contribution in [0.25, 0.3) is 11.3 Å². The molecule has 1 atom stereocenters. The summed E-state index contributed by atoms with van der Waals surface area (Å²) in [6.07, 6.45) is -1.07. The molecule has 0 fully saturated rings. The molecule has 1 N–H and O–H groups in total. The van der Waals surface area contributed by atoms with E-state index < -0.39 is 29.8 Å². The minimum atomic E-state index is -1.07. The lowest BCUT2D eigenvalue weighted by Crippen LogP contribution is -2.30. The topological polar surface area (TPSA) is 106 Å². The van der Waals surface area contributed by atoms with Crippen LogP contribution in [0.4, 0.5) is 10.8 Å². The summed E-state index contributed by atoms with van der Waals surface area (Å²) in [7, 11) is 0. The van der Waals surface area contributed by atoms with E-state index in [-0.39, 0.29) is 5.56 Å². The highest BCUT2D eigenvalue weighted by atomic mass is 32.1. The van der Waals surface area contributed by atoms with E-state index in [4.69, 9.17) is 4.74 Å². The Balaban J connectivity index is 1.21. The number of imide groups is 1. The molecule has 0 saturated heterocycles. The van der Waals surface area contributed by atoms with E-state index in [1.807, 2.05) is 35.7 Å². The Labute approximate surface area is 210 Å². The predicted molar refractivity (Wildman–Crippen MR) is 135 cm³/mol. The van der Waals surface area contributed by atoms with E-state index in [2.05, 4.69) is 10.3 Å². The summed E-state index contributed by atoms with van der Waals surface area (Å²) < 4.78 is 5.30. The molecule has 0 radical (unpaired) electrons. The number of nitrogens with zero attached hydrogens (tertiary/aromatic N) is 2. The molecule has 0 bridgehead atoms. The molecule has 178 valence electrons. The second-order valence-electron chi connectivity index (χ2n) is 7.98. The molecule has 1 aromatic heterocycles. The summed E-state index contributed by atoms with van der Waals surface area (Å²) in [6.45, 7) is 1.46. The van der Waals surface area contributed by atoms with Gasteiger partial charge in [0.15, 0.2) is 11.2 Å². The number of rotatable bonds is 6. The van der Waals surface area contributed by atoms with Crippen LogP contribution in [0.5, 0.6) is 0 Å². The molecule has 9 heteroatoms. The van der Waals surface area contributed by atoms with Gasteiger partial charge in [-0.25, -0.2) is 14.7 Å². The first-order chi connectivity index (χ1) is 17.4. The second-order valence-corrected chi connectivity index (χ2v) is 8.84. The third-order valence-corrected chi connectivity index (χ3v) is 6.37. The van der Waals surface area contributed by atoms with Crippen molar-refractivity contribution >= 4 is 45.8 Å². The van der Waals surface area contributed by atoms with Gasteiger partial charge in [-0.2, -0.15) is 0 Å². The van der Waals surface area contributed by atoms with Crippen molar-refractivity contribution in [3.63, 3.8) is 0 Å². The van der Waals surface area contributed by atoms with Gasteiger partial charge in [-0.05, 0) is 43.3 Å². The number of ether oxygens (including phenoxy) is 1. The molecule has 1 aliphatic heterocycles. The summed E-state index contributed by atoms with van der Waals surface area (Å²) >= 11 is 1.27. The van der Waals surface area contributed by atoms with Crippen LogP contribution in [0.1, 0.15) is 38.0 Å². The SMILES string of the molecule is C[C@H](OC(=O)c1ccc(N2C(=O)c3ccccc3C2=O)cc1)C(=O)Nc1nc(-c2ccccc2)cs1. The highest BCUT2D eigenvalue weighted by Crippen LogP contribution is 2.29. The zero-order valence-corrected chi connectivity index (χ0v) is 19.8. The van der Waals surface area contributed by atoms with Crippen molar-refractivity contribution in [1.29, 1.82) is 0 Å². The molecule has 0 spiro atoms. The van der Waals surface area contributed by atoms with E-state index in [9.17, 15) is 19.2 Å². The highest BCUT2D eigenvalue weighted by molar-refractivity contribution is 7.14. The van der Waals surface area contributed by atoms with E-state index in [1.165, 1.54) is 42.5 Å². The first-order valence-electron chi connectivity index (χ1n) is 11.0. The number of thiazole rings is 1. The Morgan fingerprint density at radius 2 is 1.50 bits per heavy atom. The maximum atomic E-state index is 12.6. The van der Waals surface area contributed by atoms with Gasteiger partial charge in [0.05, 0.1) is 28.1 Å². The summed E-state index contributed by atoms with van der Waals surface area (Å²) in [6, 6.07) is 22.0. The van der Waals surface area contributed by atoms with Crippen molar-refractivity contribution in [2.75, 3.05) is 10.2 Å². The summed E-state index contributed by atoms with van der Waals surface area (Å²) in [4.78, 5) is 55.9. The number of benzene rings is 3. The Hall–Kier alpha value is -4.63. The summed E-state index contributed by atoms with van der Waals surface area (Å²) in [5.74, 6) is -2.07. The van der Waals surface area contributed by atoms with Crippen LogP contribution in [0, 0.1) is 0 Å². The van der Waals surface area contributed by atoms with Gasteiger partial charge in [-0.1, -0.05) is 42.5 Å². The molecule has 8 nitrogen and oxygen atoms in total. The minimum Gasteiger partial charge on any atom is -0.449 e. The Morgan fingerprint density at radius 1 is 0.889 bits per heavy atom. The highest BCUT2D eigenvalue weighted by Gasteiger charge is 2.36. The smallest absolute Gasteiger partial charge is 0.338 e. The van der Waals surface area contributed by atoms with Crippen molar-refractivity contribution in [3.8, 4) is 11.3 Å². The Kier molecular flexibility index (Phi) is 6.14. The average Bonchev–Trinajstić information content (AvgIpc) is 3.47. The van der Waals surface area contributed by atoms with Crippen molar-refractivity contribution in [2.45, 2.75) is 13.0 Å². The summed E-state index contributed by atoms with van der Waals surface area (Å²) in [5, 5.41) is 4.89. The van der Waals surface area contributed by atoms with E-state index in [0.29, 0.717) is 21.9 Å². The van der Waals surface area contributed by atoms with Gasteiger partial charge in [-0.15, -0.1) is 11.3 Å². The van der Waals surface area contributed by atoms with Crippen LogP contribution in [-0.4, -0.2) is 34.8 Å². The van der Waals surface area contributed by atoms with Crippen LogP contribution in [0.2, 0.25) is 0 Å². The van der Waals surface area contributed by atoms with Crippen molar-refractivity contribution in [3.05, 3.63) is 101 Å².